The Kier molecular flexibility index (Phi) is 6.25. The van der Waals surface area contributed by atoms with Crippen molar-refractivity contribution >= 4 is 17.5 Å². The Morgan fingerprint density at radius 2 is 1.79 bits per heavy atom. The molecule has 156 valence electrons. The molecule has 5 N–H and O–H groups in total. The Balaban J connectivity index is 1.77. The molecule has 1 saturated heterocycles. The molecule has 2 fully saturated rings. The van der Waals surface area contributed by atoms with E-state index in [9.17, 15) is 14.0 Å². The quantitative estimate of drug-likeness (QED) is 0.522. The lowest BCUT2D eigenvalue weighted by Crippen LogP contribution is -2.40. The van der Waals surface area contributed by atoms with Gasteiger partial charge in [-0.3, -0.25) is 9.59 Å². The van der Waals surface area contributed by atoms with Gasteiger partial charge in [0.05, 0.1) is 5.70 Å². The van der Waals surface area contributed by atoms with Gasteiger partial charge in [-0.15, -0.1) is 0 Å². The van der Waals surface area contributed by atoms with Crippen molar-refractivity contribution < 1.29 is 14.0 Å². The number of likely N-dealkylation sites (tertiary alicyclic amines) is 1. The molecule has 1 aliphatic heterocycles. The maximum Gasteiger partial charge on any atom is 0.269 e. The molecule has 6 nitrogen and oxygen atoms in total. The molecule has 1 heterocycles. The minimum Gasteiger partial charge on any atom is -0.398 e. The highest BCUT2D eigenvalue weighted by Gasteiger charge is 2.25. The molecule has 2 aliphatic rings. The van der Waals surface area contributed by atoms with Crippen LogP contribution in [0.25, 0.3) is 5.70 Å². The van der Waals surface area contributed by atoms with Crippen molar-refractivity contribution in [1.82, 2.24) is 10.2 Å². The molecule has 3 rings (SSSR count). The number of nitrogens with one attached hydrogen (secondary N) is 1. The fourth-order valence-corrected chi connectivity index (χ4v) is 3.34. The Labute approximate surface area is 170 Å². The van der Waals surface area contributed by atoms with Gasteiger partial charge in [-0.25, -0.2) is 4.39 Å². The number of hydrogen-bond donors (Lipinski definition) is 3. The Morgan fingerprint density at radius 1 is 1.14 bits per heavy atom. The number of rotatable bonds is 5. The van der Waals surface area contributed by atoms with Gasteiger partial charge < -0.3 is 21.7 Å². The van der Waals surface area contributed by atoms with E-state index in [0.29, 0.717) is 30.1 Å². The van der Waals surface area contributed by atoms with Crippen LogP contribution in [-0.2, 0) is 4.79 Å². The summed E-state index contributed by atoms with van der Waals surface area (Å²) in [6.45, 7) is 5.15. The zero-order valence-electron chi connectivity index (χ0n) is 17.0. The van der Waals surface area contributed by atoms with E-state index >= 15 is 0 Å². The molecule has 7 heteroatoms. The predicted octanol–water partition coefficient (Wildman–Crippen LogP) is 2.43. The molecule has 0 bridgehead atoms. The molecule has 2 amide bonds. The summed E-state index contributed by atoms with van der Waals surface area (Å²) in [6, 6.07) is 2.96. The van der Waals surface area contributed by atoms with Gasteiger partial charge in [-0.2, -0.15) is 0 Å². The zero-order chi connectivity index (χ0) is 21.1. The number of carbonyl (C=O) groups excluding carboxylic acids is 2. The lowest BCUT2D eigenvalue weighted by molar-refractivity contribution is -0.128. The first-order valence-electron chi connectivity index (χ1n) is 10.1. The van der Waals surface area contributed by atoms with Crippen molar-refractivity contribution in [2.45, 2.75) is 45.6 Å². The Bertz CT molecular complexity index is 866. The van der Waals surface area contributed by atoms with Gasteiger partial charge in [0.2, 0.25) is 0 Å². The standard InChI is InChI=1S/C22H29FN4O2/c1-13-7-9-27(10-8-13)22(29)20(25)6-5-19(24)17-11-15(12-18(23)14(17)2)21(28)26-16-3-4-16/h5-6,11-13,16H,3-4,7-10,24-25H2,1-2H3,(H,26,28)/b19-5-,20-6-. The second-order valence-electron chi connectivity index (χ2n) is 8.10. The summed E-state index contributed by atoms with van der Waals surface area (Å²) in [6.07, 6.45) is 6.76. The summed E-state index contributed by atoms with van der Waals surface area (Å²) in [5.74, 6) is -0.427. The van der Waals surface area contributed by atoms with Crippen molar-refractivity contribution in [3.63, 3.8) is 0 Å². The smallest absolute Gasteiger partial charge is 0.269 e. The molecule has 1 aromatic rings. The van der Waals surface area contributed by atoms with Crippen LogP contribution in [0, 0.1) is 18.7 Å². The molecule has 1 aliphatic carbocycles. The number of hydrogen-bond acceptors (Lipinski definition) is 4. The first-order valence-corrected chi connectivity index (χ1v) is 10.1. The van der Waals surface area contributed by atoms with Crippen molar-refractivity contribution in [3.8, 4) is 0 Å². The van der Waals surface area contributed by atoms with Crippen LogP contribution in [0.1, 0.15) is 54.1 Å². The van der Waals surface area contributed by atoms with E-state index in [2.05, 4.69) is 12.2 Å². The van der Waals surface area contributed by atoms with Crippen LogP contribution < -0.4 is 16.8 Å². The molecule has 0 unspecified atom stereocenters. The van der Waals surface area contributed by atoms with E-state index in [4.69, 9.17) is 11.5 Å². The van der Waals surface area contributed by atoms with Gasteiger partial charge in [0, 0.05) is 36.0 Å². The van der Waals surface area contributed by atoms with Crippen molar-refractivity contribution in [1.29, 1.82) is 0 Å². The third kappa shape index (κ3) is 5.16. The molecule has 0 spiro atoms. The molecular weight excluding hydrogens is 371 g/mol. The molecule has 0 aromatic heterocycles. The average Bonchev–Trinajstić information content (AvgIpc) is 3.51. The SMILES string of the molecule is Cc1c(F)cc(C(=O)NC2CC2)cc1/C(N)=C/C=C(\N)C(=O)N1CCC(C)CC1. The van der Waals surface area contributed by atoms with Gasteiger partial charge in [0.15, 0.2) is 0 Å². The first kappa shape index (κ1) is 20.9. The second-order valence-corrected chi connectivity index (χ2v) is 8.10. The van der Waals surface area contributed by atoms with E-state index in [-0.39, 0.29) is 34.8 Å². The third-order valence-corrected chi connectivity index (χ3v) is 5.59. The highest BCUT2D eigenvalue weighted by molar-refractivity contribution is 5.96. The minimum atomic E-state index is -0.504. The van der Waals surface area contributed by atoms with Crippen LogP contribution in [0.15, 0.2) is 30.0 Å². The summed E-state index contributed by atoms with van der Waals surface area (Å²) in [7, 11) is 0. The number of amides is 2. The monoisotopic (exact) mass is 400 g/mol. The number of carbonyl (C=O) groups is 2. The first-order chi connectivity index (χ1) is 13.8. The van der Waals surface area contributed by atoms with Crippen LogP contribution in [-0.4, -0.2) is 35.8 Å². The maximum atomic E-state index is 14.4. The number of piperidine rings is 1. The number of halogens is 1. The molecular formula is C22H29FN4O2. The highest BCUT2D eigenvalue weighted by atomic mass is 19.1. The number of allylic oxidation sites excluding steroid dienone is 2. The molecule has 29 heavy (non-hydrogen) atoms. The van der Waals surface area contributed by atoms with E-state index in [1.54, 1.807) is 17.9 Å². The topological polar surface area (TPSA) is 101 Å². The molecule has 1 aromatic carbocycles. The van der Waals surface area contributed by atoms with Crippen LogP contribution in [0.3, 0.4) is 0 Å². The van der Waals surface area contributed by atoms with Gasteiger partial charge in [-0.1, -0.05) is 6.92 Å². The lowest BCUT2D eigenvalue weighted by Gasteiger charge is -2.30. The summed E-state index contributed by atoms with van der Waals surface area (Å²) in [4.78, 5) is 26.5. The van der Waals surface area contributed by atoms with Crippen molar-refractivity contribution in [3.05, 3.63) is 52.5 Å². The lowest BCUT2D eigenvalue weighted by atomic mass is 9.99. The van der Waals surface area contributed by atoms with Crippen molar-refractivity contribution in [2.24, 2.45) is 17.4 Å². The molecule has 0 radical (unpaired) electrons. The van der Waals surface area contributed by atoms with Gasteiger partial charge >= 0.3 is 0 Å². The van der Waals surface area contributed by atoms with Crippen LogP contribution in [0.4, 0.5) is 4.39 Å². The van der Waals surface area contributed by atoms with E-state index < -0.39 is 5.82 Å². The van der Waals surface area contributed by atoms with Gasteiger partial charge in [0.1, 0.15) is 5.82 Å². The average molecular weight is 400 g/mol. The van der Waals surface area contributed by atoms with Gasteiger partial charge in [0.25, 0.3) is 11.8 Å². The summed E-state index contributed by atoms with van der Waals surface area (Å²) < 4.78 is 14.4. The Hall–Kier alpha value is -2.83. The maximum absolute atomic E-state index is 14.4. The Morgan fingerprint density at radius 3 is 2.41 bits per heavy atom. The third-order valence-electron chi connectivity index (χ3n) is 5.59. The number of benzene rings is 1. The molecule has 0 atom stereocenters. The van der Waals surface area contributed by atoms with Gasteiger partial charge in [-0.05, 0) is 68.4 Å². The van der Waals surface area contributed by atoms with E-state index in [1.807, 2.05) is 0 Å². The summed E-state index contributed by atoms with van der Waals surface area (Å²) in [5, 5.41) is 2.84. The summed E-state index contributed by atoms with van der Waals surface area (Å²) in [5.41, 5.74) is 13.4. The summed E-state index contributed by atoms with van der Waals surface area (Å²) >= 11 is 0. The zero-order valence-corrected chi connectivity index (χ0v) is 17.0. The fourth-order valence-electron chi connectivity index (χ4n) is 3.34. The minimum absolute atomic E-state index is 0.0864. The van der Waals surface area contributed by atoms with Crippen LogP contribution in [0.2, 0.25) is 0 Å². The predicted molar refractivity (Wildman–Crippen MR) is 111 cm³/mol. The second kappa shape index (κ2) is 8.68. The molecule has 1 saturated carbocycles. The fraction of sp³-hybridized carbons (Fsp3) is 0.455. The van der Waals surface area contributed by atoms with Crippen LogP contribution >= 0.6 is 0 Å². The van der Waals surface area contributed by atoms with E-state index in [1.165, 1.54) is 18.2 Å². The normalized spacial score (nSPS) is 18.7. The number of nitrogens with zero attached hydrogens (tertiary/aromatic N) is 1. The number of nitrogens with two attached hydrogens (primary N) is 2. The largest absolute Gasteiger partial charge is 0.398 e. The highest BCUT2D eigenvalue weighted by Crippen LogP contribution is 2.23. The van der Waals surface area contributed by atoms with E-state index in [0.717, 1.165) is 25.7 Å². The van der Waals surface area contributed by atoms with Crippen LogP contribution in [0.5, 0.6) is 0 Å². The van der Waals surface area contributed by atoms with Crippen molar-refractivity contribution in [2.75, 3.05) is 13.1 Å².